The predicted octanol–water partition coefficient (Wildman–Crippen LogP) is 3.10. The molecule has 0 aliphatic heterocycles. The van der Waals surface area contributed by atoms with Crippen molar-refractivity contribution < 1.29 is 13.9 Å². The van der Waals surface area contributed by atoms with Gasteiger partial charge in [0.15, 0.2) is 0 Å². The van der Waals surface area contributed by atoms with Crippen LogP contribution in [-0.2, 0) is 9.47 Å². The largest absolute Gasteiger partial charge is 0.378 e. The van der Waals surface area contributed by atoms with Gasteiger partial charge in [0.05, 0.1) is 12.2 Å². The van der Waals surface area contributed by atoms with E-state index in [4.69, 9.17) is 9.47 Å². The van der Waals surface area contributed by atoms with Crippen LogP contribution in [0.2, 0.25) is 0 Å². The van der Waals surface area contributed by atoms with Gasteiger partial charge >= 0.3 is 0 Å². The summed E-state index contributed by atoms with van der Waals surface area (Å²) in [6, 6.07) is 0. The van der Waals surface area contributed by atoms with Crippen LogP contribution < -0.4 is 0 Å². The molecular weight excluding hydrogens is 195 g/mol. The molecule has 15 heavy (non-hydrogen) atoms. The molecule has 0 amide bonds. The SMILES string of the molecule is CCCOC1CCC(OCCC)C(F)C1. The van der Waals surface area contributed by atoms with Crippen LogP contribution in [0.4, 0.5) is 4.39 Å². The first-order chi connectivity index (χ1) is 7.27. The summed E-state index contributed by atoms with van der Waals surface area (Å²) in [6.07, 6.45) is 3.29. The Balaban J connectivity index is 2.21. The maximum absolute atomic E-state index is 13.6. The van der Waals surface area contributed by atoms with Gasteiger partial charge in [-0.25, -0.2) is 4.39 Å². The van der Waals surface area contributed by atoms with Crippen LogP contribution in [0.5, 0.6) is 0 Å². The first-order valence-corrected chi connectivity index (χ1v) is 6.15. The third-order valence-corrected chi connectivity index (χ3v) is 2.76. The molecule has 0 heterocycles. The second-order valence-corrected chi connectivity index (χ2v) is 4.23. The summed E-state index contributed by atoms with van der Waals surface area (Å²) in [6.45, 7) is 5.54. The van der Waals surface area contributed by atoms with Crippen molar-refractivity contribution in [1.82, 2.24) is 0 Å². The molecule has 1 aliphatic carbocycles. The van der Waals surface area contributed by atoms with Crippen molar-refractivity contribution in [3.05, 3.63) is 0 Å². The van der Waals surface area contributed by atoms with E-state index in [1.165, 1.54) is 0 Å². The number of rotatable bonds is 6. The molecule has 1 rings (SSSR count). The van der Waals surface area contributed by atoms with Crippen LogP contribution in [0, 0.1) is 0 Å². The van der Waals surface area contributed by atoms with Gasteiger partial charge in [-0.1, -0.05) is 13.8 Å². The third-order valence-electron chi connectivity index (χ3n) is 2.76. The molecule has 3 heteroatoms. The van der Waals surface area contributed by atoms with E-state index in [0.717, 1.165) is 32.3 Å². The fraction of sp³-hybridized carbons (Fsp3) is 1.00. The third kappa shape index (κ3) is 4.47. The van der Waals surface area contributed by atoms with E-state index >= 15 is 0 Å². The molecule has 0 aromatic carbocycles. The summed E-state index contributed by atoms with van der Waals surface area (Å²) in [7, 11) is 0. The fourth-order valence-corrected chi connectivity index (χ4v) is 1.94. The van der Waals surface area contributed by atoms with Gasteiger partial charge in [-0.3, -0.25) is 0 Å². The molecule has 0 bridgehead atoms. The van der Waals surface area contributed by atoms with Crippen molar-refractivity contribution in [2.24, 2.45) is 0 Å². The highest BCUT2D eigenvalue weighted by atomic mass is 19.1. The normalized spacial score (nSPS) is 31.8. The quantitative estimate of drug-likeness (QED) is 0.682. The van der Waals surface area contributed by atoms with Gasteiger partial charge in [-0.2, -0.15) is 0 Å². The molecule has 0 spiro atoms. The molecule has 0 radical (unpaired) electrons. The van der Waals surface area contributed by atoms with Crippen LogP contribution in [0.25, 0.3) is 0 Å². The van der Waals surface area contributed by atoms with E-state index in [0.29, 0.717) is 13.0 Å². The average Bonchev–Trinajstić information content (AvgIpc) is 2.25. The van der Waals surface area contributed by atoms with E-state index in [9.17, 15) is 4.39 Å². The highest BCUT2D eigenvalue weighted by Crippen LogP contribution is 2.26. The Hall–Kier alpha value is -0.150. The molecule has 0 N–H and O–H groups in total. The Bertz CT molecular complexity index is 164. The minimum atomic E-state index is -0.841. The zero-order chi connectivity index (χ0) is 11.1. The predicted molar refractivity (Wildman–Crippen MR) is 58.8 cm³/mol. The van der Waals surface area contributed by atoms with Crippen molar-refractivity contribution in [3.63, 3.8) is 0 Å². The summed E-state index contributed by atoms with van der Waals surface area (Å²) in [5, 5.41) is 0. The zero-order valence-electron chi connectivity index (χ0n) is 9.88. The van der Waals surface area contributed by atoms with Crippen molar-refractivity contribution in [3.8, 4) is 0 Å². The molecule has 0 saturated heterocycles. The Labute approximate surface area is 92.1 Å². The van der Waals surface area contributed by atoms with E-state index in [1.807, 2.05) is 6.92 Å². The lowest BCUT2D eigenvalue weighted by Gasteiger charge is -2.31. The van der Waals surface area contributed by atoms with E-state index < -0.39 is 6.17 Å². The summed E-state index contributed by atoms with van der Waals surface area (Å²) in [5.74, 6) is 0. The summed E-state index contributed by atoms with van der Waals surface area (Å²) in [4.78, 5) is 0. The Morgan fingerprint density at radius 3 is 2.33 bits per heavy atom. The summed E-state index contributed by atoms with van der Waals surface area (Å²) in [5.41, 5.74) is 0. The van der Waals surface area contributed by atoms with Crippen molar-refractivity contribution in [2.45, 2.75) is 64.3 Å². The van der Waals surface area contributed by atoms with Crippen molar-refractivity contribution >= 4 is 0 Å². The molecule has 3 atom stereocenters. The summed E-state index contributed by atoms with van der Waals surface area (Å²) < 4.78 is 24.7. The Morgan fingerprint density at radius 2 is 1.73 bits per heavy atom. The van der Waals surface area contributed by atoms with Gasteiger partial charge in [-0.05, 0) is 25.7 Å². The van der Waals surface area contributed by atoms with Crippen molar-refractivity contribution in [1.29, 1.82) is 0 Å². The van der Waals surface area contributed by atoms with E-state index in [-0.39, 0.29) is 12.2 Å². The number of halogens is 1. The molecule has 3 unspecified atom stereocenters. The fourth-order valence-electron chi connectivity index (χ4n) is 1.94. The van der Waals surface area contributed by atoms with Crippen LogP contribution in [0.1, 0.15) is 46.0 Å². The molecule has 1 fully saturated rings. The molecule has 1 aliphatic rings. The van der Waals surface area contributed by atoms with Gasteiger partial charge in [0.25, 0.3) is 0 Å². The smallest absolute Gasteiger partial charge is 0.129 e. The second-order valence-electron chi connectivity index (χ2n) is 4.23. The topological polar surface area (TPSA) is 18.5 Å². The second kappa shape index (κ2) is 7.18. The first-order valence-electron chi connectivity index (χ1n) is 6.15. The van der Waals surface area contributed by atoms with Gasteiger partial charge in [0, 0.05) is 19.6 Å². The highest BCUT2D eigenvalue weighted by molar-refractivity contribution is 4.81. The molecule has 90 valence electrons. The lowest BCUT2D eigenvalue weighted by molar-refractivity contribution is -0.0729. The van der Waals surface area contributed by atoms with Gasteiger partial charge in [0.1, 0.15) is 6.17 Å². The van der Waals surface area contributed by atoms with Crippen LogP contribution in [-0.4, -0.2) is 31.6 Å². The minimum absolute atomic E-state index is 0.112. The molecular formula is C12H23FO2. The molecule has 1 saturated carbocycles. The molecule has 2 nitrogen and oxygen atoms in total. The first kappa shape index (κ1) is 12.9. The van der Waals surface area contributed by atoms with Gasteiger partial charge in [0.2, 0.25) is 0 Å². The highest BCUT2D eigenvalue weighted by Gasteiger charge is 2.31. The van der Waals surface area contributed by atoms with Gasteiger partial charge in [-0.15, -0.1) is 0 Å². The monoisotopic (exact) mass is 218 g/mol. The standard InChI is InChI=1S/C12H23FO2/c1-3-7-14-10-5-6-12(11(13)9-10)15-8-4-2/h10-12H,3-9H2,1-2H3. The molecule has 0 aromatic heterocycles. The number of hydrogen-bond acceptors (Lipinski definition) is 2. The number of hydrogen-bond donors (Lipinski definition) is 0. The molecule has 0 aromatic rings. The number of ether oxygens (including phenoxy) is 2. The van der Waals surface area contributed by atoms with E-state index in [1.54, 1.807) is 0 Å². The van der Waals surface area contributed by atoms with Crippen molar-refractivity contribution in [2.75, 3.05) is 13.2 Å². The number of alkyl halides is 1. The van der Waals surface area contributed by atoms with Crippen LogP contribution >= 0.6 is 0 Å². The lowest BCUT2D eigenvalue weighted by Crippen LogP contribution is -2.36. The maximum Gasteiger partial charge on any atom is 0.129 e. The zero-order valence-corrected chi connectivity index (χ0v) is 9.88. The minimum Gasteiger partial charge on any atom is -0.378 e. The Morgan fingerprint density at radius 1 is 1.07 bits per heavy atom. The van der Waals surface area contributed by atoms with Gasteiger partial charge < -0.3 is 9.47 Å². The van der Waals surface area contributed by atoms with Crippen LogP contribution in [0.15, 0.2) is 0 Å². The lowest BCUT2D eigenvalue weighted by atomic mass is 9.93. The average molecular weight is 218 g/mol. The van der Waals surface area contributed by atoms with E-state index in [2.05, 4.69) is 6.92 Å². The Kier molecular flexibility index (Phi) is 6.18. The maximum atomic E-state index is 13.6. The van der Waals surface area contributed by atoms with Crippen LogP contribution in [0.3, 0.4) is 0 Å². The summed E-state index contributed by atoms with van der Waals surface area (Å²) >= 11 is 0.